The minimum absolute atomic E-state index is 0.0455. The molecule has 1 aliphatic heterocycles. The van der Waals surface area contributed by atoms with Crippen molar-refractivity contribution in [3.8, 4) is 0 Å². The van der Waals surface area contributed by atoms with Crippen LogP contribution >= 0.6 is 0 Å². The van der Waals surface area contributed by atoms with Crippen LogP contribution in [0.15, 0.2) is 24.3 Å². The molecule has 0 aliphatic carbocycles. The molecule has 0 bridgehead atoms. The van der Waals surface area contributed by atoms with E-state index in [-0.39, 0.29) is 26.4 Å². The van der Waals surface area contributed by atoms with Gasteiger partial charge in [-0.15, -0.1) is 0 Å². The summed E-state index contributed by atoms with van der Waals surface area (Å²) in [6, 6.07) is 4.55. The Balaban J connectivity index is 1.82. The molecule has 8 nitrogen and oxygen atoms in total. The summed E-state index contributed by atoms with van der Waals surface area (Å²) in [7, 11) is 1.51. The molecule has 222 valence electrons. The summed E-state index contributed by atoms with van der Waals surface area (Å²) in [4.78, 5) is 23.9. The Morgan fingerprint density at radius 3 is 1.44 bits per heavy atom. The molecule has 1 heterocycles. The van der Waals surface area contributed by atoms with Gasteiger partial charge in [0.1, 0.15) is 6.61 Å². The number of ether oxygens (including phenoxy) is 5. The fourth-order valence-electron chi connectivity index (χ4n) is 3.23. The highest BCUT2D eigenvalue weighted by atomic mass is 19.4. The predicted molar refractivity (Wildman–Crippen MR) is 117 cm³/mol. The highest BCUT2D eigenvalue weighted by Crippen LogP contribution is 2.53. The normalized spacial score (nSPS) is 14.8. The lowest BCUT2D eigenvalue weighted by molar-refractivity contribution is -0.371. The first-order chi connectivity index (χ1) is 18.2. The van der Waals surface area contributed by atoms with E-state index in [1.165, 1.54) is 19.2 Å². The fourth-order valence-corrected chi connectivity index (χ4v) is 3.23. The number of carbonyl (C=O) groups excluding carboxylic acids is 2. The zero-order valence-corrected chi connectivity index (χ0v) is 20.7. The largest absolute Gasteiger partial charge is 0.382 e. The van der Waals surface area contributed by atoms with Crippen LogP contribution in [-0.2, 0) is 23.7 Å². The van der Waals surface area contributed by atoms with Crippen LogP contribution in [0.25, 0.3) is 0 Å². The lowest BCUT2D eigenvalue weighted by atomic mass is 9.98. The van der Waals surface area contributed by atoms with Gasteiger partial charge in [0.05, 0.1) is 70.5 Å². The minimum Gasteiger partial charge on any atom is -0.382 e. The quantitative estimate of drug-likeness (QED) is 0.141. The maximum absolute atomic E-state index is 14.3. The molecule has 1 aromatic carbocycles. The van der Waals surface area contributed by atoms with Crippen LogP contribution < -0.4 is 0 Å². The Kier molecular flexibility index (Phi) is 11.6. The number of nitrogens with zero attached hydrogens (tertiary/aromatic N) is 1. The van der Waals surface area contributed by atoms with Crippen molar-refractivity contribution in [1.29, 1.82) is 0 Å². The van der Waals surface area contributed by atoms with Gasteiger partial charge < -0.3 is 23.7 Å². The summed E-state index contributed by atoms with van der Waals surface area (Å²) in [5.41, 5.74) is -0.847. The minimum atomic E-state index is -6.68. The first-order valence-electron chi connectivity index (χ1n) is 11.5. The first kappa shape index (κ1) is 32.8. The van der Waals surface area contributed by atoms with Crippen LogP contribution in [0.2, 0.25) is 0 Å². The van der Waals surface area contributed by atoms with E-state index in [4.69, 9.17) is 18.9 Å². The number of carbonyl (C=O) groups is 2. The summed E-state index contributed by atoms with van der Waals surface area (Å²) in [6.45, 7) is -4.76. The van der Waals surface area contributed by atoms with Gasteiger partial charge in [-0.25, -0.2) is 0 Å². The Morgan fingerprint density at radius 1 is 0.615 bits per heavy atom. The van der Waals surface area contributed by atoms with E-state index in [1.807, 2.05) is 0 Å². The molecule has 0 N–H and O–H groups in total. The molecule has 0 atom stereocenters. The number of alkyl halides is 8. The van der Waals surface area contributed by atoms with Gasteiger partial charge in [0.15, 0.2) is 0 Å². The summed E-state index contributed by atoms with van der Waals surface area (Å²) in [6.07, 6.45) is 0. The molecule has 2 rings (SSSR count). The second kappa shape index (κ2) is 13.8. The lowest BCUT2D eigenvalue weighted by Crippen LogP contribution is -2.66. The van der Waals surface area contributed by atoms with E-state index in [0.29, 0.717) is 13.2 Å². The zero-order chi connectivity index (χ0) is 29.3. The third-order valence-electron chi connectivity index (χ3n) is 5.38. The highest BCUT2D eigenvalue weighted by molar-refractivity contribution is 6.21. The van der Waals surface area contributed by atoms with Crippen molar-refractivity contribution in [1.82, 2.24) is 4.90 Å². The highest BCUT2D eigenvalue weighted by Gasteiger charge is 2.80. The van der Waals surface area contributed by atoms with Gasteiger partial charge >= 0.3 is 23.7 Å². The van der Waals surface area contributed by atoms with Gasteiger partial charge in [-0.1, -0.05) is 12.1 Å². The van der Waals surface area contributed by atoms with Crippen LogP contribution in [0.1, 0.15) is 20.7 Å². The van der Waals surface area contributed by atoms with E-state index < -0.39 is 77.9 Å². The molecule has 1 aliphatic rings. The molecule has 0 radical (unpaired) electrons. The van der Waals surface area contributed by atoms with E-state index >= 15 is 0 Å². The number of hydrogen-bond acceptors (Lipinski definition) is 7. The van der Waals surface area contributed by atoms with Crippen LogP contribution in [0.3, 0.4) is 0 Å². The number of amides is 2. The second-order valence-corrected chi connectivity index (χ2v) is 8.18. The monoisotopic (exact) mass is 581 g/mol. The van der Waals surface area contributed by atoms with Gasteiger partial charge in [-0.3, -0.25) is 14.5 Å². The molecule has 0 saturated heterocycles. The lowest BCUT2D eigenvalue weighted by Gasteiger charge is -2.37. The second-order valence-electron chi connectivity index (χ2n) is 8.18. The number of hydrogen-bond donors (Lipinski definition) is 0. The number of methoxy groups -OCH3 is 1. The maximum Gasteiger partial charge on any atom is 0.380 e. The van der Waals surface area contributed by atoms with E-state index in [0.717, 1.165) is 12.1 Å². The van der Waals surface area contributed by atoms with Gasteiger partial charge in [-0.05, 0) is 12.1 Å². The SMILES string of the molecule is COCCOCCOCCOCCOCC(F)(F)C(F)(F)C(F)(F)C(F)(F)CN1C(=O)c2ccccc2C1=O. The Bertz CT molecular complexity index is 929. The van der Waals surface area contributed by atoms with Gasteiger partial charge in [-0.2, -0.15) is 35.1 Å². The number of rotatable bonds is 19. The van der Waals surface area contributed by atoms with Crippen molar-refractivity contribution in [2.24, 2.45) is 0 Å². The average Bonchev–Trinajstić information content (AvgIpc) is 3.11. The maximum atomic E-state index is 14.3. The van der Waals surface area contributed by atoms with Crippen molar-refractivity contribution in [2.45, 2.75) is 23.7 Å². The van der Waals surface area contributed by atoms with E-state index in [9.17, 15) is 44.7 Å². The smallest absolute Gasteiger partial charge is 0.380 e. The van der Waals surface area contributed by atoms with Crippen molar-refractivity contribution in [3.63, 3.8) is 0 Å². The third-order valence-corrected chi connectivity index (χ3v) is 5.38. The molecule has 0 aromatic heterocycles. The van der Waals surface area contributed by atoms with Crippen LogP contribution in [0.5, 0.6) is 0 Å². The summed E-state index contributed by atoms with van der Waals surface area (Å²) in [5, 5.41) is 0. The van der Waals surface area contributed by atoms with E-state index in [2.05, 4.69) is 4.74 Å². The van der Waals surface area contributed by atoms with Crippen LogP contribution in [-0.4, -0.2) is 114 Å². The molecule has 39 heavy (non-hydrogen) atoms. The van der Waals surface area contributed by atoms with E-state index in [1.54, 1.807) is 0 Å². The number of halogens is 8. The number of imide groups is 1. The van der Waals surface area contributed by atoms with Crippen LogP contribution in [0.4, 0.5) is 35.1 Å². The van der Waals surface area contributed by atoms with Crippen molar-refractivity contribution < 1.29 is 68.4 Å². The van der Waals surface area contributed by atoms with Crippen LogP contribution in [0, 0.1) is 0 Å². The average molecular weight is 581 g/mol. The van der Waals surface area contributed by atoms with Crippen molar-refractivity contribution >= 4 is 11.8 Å². The van der Waals surface area contributed by atoms with Gasteiger partial charge in [0.25, 0.3) is 11.8 Å². The molecular formula is C23H27F8NO7. The summed E-state index contributed by atoms with van der Waals surface area (Å²) >= 11 is 0. The Hall–Kier alpha value is -2.40. The zero-order valence-electron chi connectivity index (χ0n) is 20.7. The van der Waals surface area contributed by atoms with Gasteiger partial charge in [0.2, 0.25) is 0 Å². The summed E-state index contributed by atoms with van der Waals surface area (Å²) < 4.78 is 138. The van der Waals surface area contributed by atoms with Crippen molar-refractivity contribution in [2.75, 3.05) is 73.1 Å². The first-order valence-corrected chi connectivity index (χ1v) is 11.5. The molecule has 0 saturated carbocycles. The summed E-state index contributed by atoms with van der Waals surface area (Å²) in [5.74, 6) is -27.9. The predicted octanol–water partition coefficient (Wildman–Crippen LogP) is 3.54. The topological polar surface area (TPSA) is 83.5 Å². The third kappa shape index (κ3) is 7.63. The molecule has 1 aromatic rings. The van der Waals surface area contributed by atoms with Gasteiger partial charge in [0, 0.05) is 7.11 Å². The Labute approximate surface area is 218 Å². The molecule has 0 fully saturated rings. The standard InChI is InChI=1S/C23H27F8NO7/c1-35-6-7-36-8-9-37-10-11-38-12-13-39-15-21(26,27)23(30,31)22(28,29)20(24,25)14-32-18(33)16-4-2-3-5-17(16)19(32)34/h2-5H,6-15H2,1H3. The molecule has 2 amide bonds. The molecular weight excluding hydrogens is 554 g/mol. The molecule has 0 spiro atoms. The fraction of sp³-hybridized carbons (Fsp3) is 0.652. The molecule has 0 unspecified atom stereocenters. The number of fused-ring (bicyclic) bond motifs is 1. The van der Waals surface area contributed by atoms with Crippen molar-refractivity contribution in [3.05, 3.63) is 35.4 Å². The molecule has 16 heteroatoms. The Morgan fingerprint density at radius 2 is 1.00 bits per heavy atom. The number of benzene rings is 1.